The Morgan fingerprint density at radius 1 is 1.29 bits per heavy atom. The van der Waals surface area contributed by atoms with E-state index in [4.69, 9.17) is 5.73 Å². The van der Waals surface area contributed by atoms with Crippen LogP contribution >= 0.6 is 0 Å². The van der Waals surface area contributed by atoms with Crippen LogP contribution in [-0.2, 0) is 0 Å². The molecule has 2 nitrogen and oxygen atoms in total. The first-order chi connectivity index (χ1) is 7.79. The van der Waals surface area contributed by atoms with Crippen LogP contribution < -0.4 is 11.1 Å². The van der Waals surface area contributed by atoms with Gasteiger partial charge in [0, 0.05) is 18.6 Å². The first-order valence-corrected chi connectivity index (χ1v) is 7.28. The van der Waals surface area contributed by atoms with E-state index in [-0.39, 0.29) is 0 Å². The molecule has 2 rings (SSSR count). The summed E-state index contributed by atoms with van der Waals surface area (Å²) in [6.07, 6.45) is 4.17. The smallest absolute Gasteiger partial charge is 0.0188 e. The minimum Gasteiger partial charge on any atom is -0.326 e. The molecule has 0 amide bonds. The van der Waals surface area contributed by atoms with Crippen LogP contribution in [0, 0.1) is 22.7 Å². The molecule has 2 heteroatoms. The van der Waals surface area contributed by atoms with E-state index < -0.39 is 0 Å². The highest BCUT2D eigenvalue weighted by molar-refractivity contribution is 5.13. The summed E-state index contributed by atoms with van der Waals surface area (Å²) in [4.78, 5) is 0. The first-order valence-electron chi connectivity index (χ1n) is 7.28. The van der Waals surface area contributed by atoms with Crippen molar-refractivity contribution in [1.82, 2.24) is 5.32 Å². The Morgan fingerprint density at radius 3 is 2.35 bits per heavy atom. The quantitative estimate of drug-likeness (QED) is 0.790. The third kappa shape index (κ3) is 1.94. The van der Waals surface area contributed by atoms with Crippen LogP contribution in [0.25, 0.3) is 0 Å². The normalized spacial score (nSPS) is 41.1. The molecule has 3 N–H and O–H groups in total. The average molecular weight is 238 g/mol. The van der Waals surface area contributed by atoms with E-state index in [0.717, 1.165) is 12.5 Å². The summed E-state index contributed by atoms with van der Waals surface area (Å²) in [6, 6.07) is 0.974. The fourth-order valence-electron chi connectivity index (χ4n) is 4.03. The van der Waals surface area contributed by atoms with Crippen LogP contribution in [0.2, 0.25) is 0 Å². The highest BCUT2D eigenvalue weighted by Crippen LogP contribution is 2.65. The predicted octanol–water partition coefficient (Wildman–Crippen LogP) is 2.77. The fourth-order valence-corrected chi connectivity index (χ4v) is 4.03. The summed E-state index contributed by atoms with van der Waals surface area (Å²) in [6.45, 7) is 12.8. The van der Waals surface area contributed by atoms with E-state index in [1.807, 2.05) is 0 Å². The zero-order chi connectivity index (χ0) is 12.8. The number of rotatable bonds is 4. The maximum Gasteiger partial charge on any atom is 0.0188 e. The Kier molecular flexibility index (Phi) is 3.33. The molecule has 2 aliphatic rings. The molecule has 0 spiro atoms. The molecule has 0 aliphatic heterocycles. The van der Waals surface area contributed by atoms with E-state index in [0.29, 0.717) is 28.8 Å². The second-order valence-electron chi connectivity index (χ2n) is 7.48. The van der Waals surface area contributed by atoms with Crippen LogP contribution in [0.4, 0.5) is 0 Å². The van der Waals surface area contributed by atoms with Gasteiger partial charge in [0.05, 0.1) is 0 Å². The molecule has 0 aromatic heterocycles. The zero-order valence-electron chi connectivity index (χ0n) is 12.2. The van der Waals surface area contributed by atoms with Crippen molar-refractivity contribution in [3.8, 4) is 0 Å². The van der Waals surface area contributed by atoms with E-state index in [9.17, 15) is 0 Å². The molecule has 2 fully saturated rings. The molecule has 2 aliphatic carbocycles. The van der Waals surface area contributed by atoms with Gasteiger partial charge in [0.1, 0.15) is 0 Å². The number of fused-ring (bicyclic) bond motifs is 2. The van der Waals surface area contributed by atoms with Crippen LogP contribution in [0.3, 0.4) is 0 Å². The molecule has 4 atom stereocenters. The Labute approximate surface area is 107 Å². The molecule has 0 unspecified atom stereocenters. The van der Waals surface area contributed by atoms with Crippen LogP contribution in [0.5, 0.6) is 0 Å². The van der Waals surface area contributed by atoms with Crippen molar-refractivity contribution in [3.63, 3.8) is 0 Å². The van der Waals surface area contributed by atoms with Gasteiger partial charge in [-0.15, -0.1) is 0 Å². The van der Waals surface area contributed by atoms with Crippen molar-refractivity contribution in [2.75, 3.05) is 6.54 Å². The van der Waals surface area contributed by atoms with Gasteiger partial charge in [-0.3, -0.25) is 0 Å². The predicted molar refractivity (Wildman–Crippen MR) is 73.8 cm³/mol. The van der Waals surface area contributed by atoms with Gasteiger partial charge in [0.25, 0.3) is 0 Å². The lowest BCUT2D eigenvalue weighted by Crippen LogP contribution is -2.49. The van der Waals surface area contributed by atoms with Crippen molar-refractivity contribution >= 4 is 0 Å². The minimum absolute atomic E-state index is 0.292. The number of nitrogens with two attached hydrogens (primary N) is 1. The van der Waals surface area contributed by atoms with Crippen molar-refractivity contribution in [2.45, 2.75) is 66.0 Å². The molecule has 0 saturated heterocycles. The van der Waals surface area contributed by atoms with Crippen LogP contribution in [-0.4, -0.2) is 18.6 Å². The number of hydrogen-bond donors (Lipinski definition) is 2. The Balaban J connectivity index is 1.97. The molecule has 0 radical (unpaired) electrons. The molecular formula is C15H30N2. The largest absolute Gasteiger partial charge is 0.326 e. The standard InChI is InChI=1S/C15H30N2/c1-10(2)12(16)9-17-13-8-11-6-7-15(13,5)14(11,3)4/h10-13,17H,6-9,16H2,1-5H3/t11-,12-,13-,15+/m1/s1. The summed E-state index contributed by atoms with van der Waals surface area (Å²) >= 11 is 0. The lowest BCUT2D eigenvalue weighted by atomic mass is 9.69. The summed E-state index contributed by atoms with van der Waals surface area (Å²) < 4.78 is 0. The van der Waals surface area contributed by atoms with E-state index in [2.05, 4.69) is 39.9 Å². The van der Waals surface area contributed by atoms with Gasteiger partial charge >= 0.3 is 0 Å². The average Bonchev–Trinajstić information content (AvgIpc) is 2.57. The summed E-state index contributed by atoms with van der Waals surface area (Å²) in [5.74, 6) is 1.49. The van der Waals surface area contributed by atoms with Gasteiger partial charge in [-0.1, -0.05) is 34.6 Å². The Hall–Kier alpha value is -0.0800. The highest BCUT2D eigenvalue weighted by atomic mass is 15.0. The van der Waals surface area contributed by atoms with Gasteiger partial charge in [-0.05, 0) is 41.9 Å². The van der Waals surface area contributed by atoms with Crippen LogP contribution in [0.15, 0.2) is 0 Å². The summed E-state index contributed by atoms with van der Waals surface area (Å²) in [5.41, 5.74) is 7.13. The van der Waals surface area contributed by atoms with Crippen LogP contribution in [0.1, 0.15) is 53.9 Å². The Morgan fingerprint density at radius 2 is 1.94 bits per heavy atom. The molecule has 17 heavy (non-hydrogen) atoms. The van der Waals surface area contributed by atoms with Crippen molar-refractivity contribution < 1.29 is 0 Å². The fraction of sp³-hybridized carbons (Fsp3) is 1.00. The van der Waals surface area contributed by atoms with Gasteiger partial charge in [0.15, 0.2) is 0 Å². The van der Waals surface area contributed by atoms with Crippen molar-refractivity contribution in [3.05, 3.63) is 0 Å². The lowest BCUT2D eigenvalue weighted by molar-refractivity contribution is 0.119. The molecule has 100 valence electrons. The zero-order valence-corrected chi connectivity index (χ0v) is 12.2. The maximum absolute atomic E-state index is 6.14. The Bertz CT molecular complexity index is 285. The van der Waals surface area contributed by atoms with Gasteiger partial charge in [-0.25, -0.2) is 0 Å². The number of nitrogens with one attached hydrogen (secondary N) is 1. The monoisotopic (exact) mass is 238 g/mol. The second-order valence-corrected chi connectivity index (χ2v) is 7.48. The van der Waals surface area contributed by atoms with Crippen molar-refractivity contribution in [2.24, 2.45) is 28.4 Å². The number of hydrogen-bond acceptors (Lipinski definition) is 2. The van der Waals surface area contributed by atoms with Gasteiger partial charge in [0.2, 0.25) is 0 Å². The highest BCUT2D eigenvalue weighted by Gasteiger charge is 2.60. The SMILES string of the molecule is CC(C)[C@H](N)CN[C@@H]1C[C@H]2CC[C@]1(C)C2(C)C. The lowest BCUT2D eigenvalue weighted by Gasteiger charge is -2.40. The van der Waals surface area contributed by atoms with Crippen molar-refractivity contribution in [1.29, 1.82) is 0 Å². The first kappa shape index (κ1) is 13.4. The third-order valence-corrected chi connectivity index (χ3v) is 6.25. The van der Waals surface area contributed by atoms with Gasteiger partial charge in [-0.2, -0.15) is 0 Å². The molecular weight excluding hydrogens is 208 g/mol. The molecule has 0 aromatic rings. The van der Waals surface area contributed by atoms with E-state index in [1.165, 1.54) is 19.3 Å². The van der Waals surface area contributed by atoms with E-state index >= 15 is 0 Å². The molecule has 2 saturated carbocycles. The third-order valence-electron chi connectivity index (χ3n) is 6.25. The second kappa shape index (κ2) is 4.24. The molecule has 2 bridgehead atoms. The molecule has 0 heterocycles. The molecule has 0 aromatic carbocycles. The van der Waals surface area contributed by atoms with Gasteiger partial charge < -0.3 is 11.1 Å². The topological polar surface area (TPSA) is 38.0 Å². The minimum atomic E-state index is 0.292. The van der Waals surface area contributed by atoms with E-state index in [1.54, 1.807) is 0 Å². The summed E-state index contributed by atoms with van der Waals surface area (Å²) in [5, 5.41) is 3.77. The summed E-state index contributed by atoms with van der Waals surface area (Å²) in [7, 11) is 0. The maximum atomic E-state index is 6.14.